The maximum atomic E-state index is 6.02. The molecule has 2 nitrogen and oxygen atoms in total. The summed E-state index contributed by atoms with van der Waals surface area (Å²) in [4.78, 5) is 0. The number of nitrogens with zero attached hydrogens (tertiary/aromatic N) is 1. The zero-order valence-electron chi connectivity index (χ0n) is 7.99. The summed E-state index contributed by atoms with van der Waals surface area (Å²) in [5.74, 6) is 0.486. The van der Waals surface area contributed by atoms with Crippen molar-refractivity contribution in [1.82, 2.24) is 4.40 Å². The molecule has 0 atom stereocenters. The fourth-order valence-electron chi connectivity index (χ4n) is 1.62. The maximum Gasteiger partial charge on any atom is 0.0684 e. The fraction of sp³-hybridized carbons (Fsp3) is 0.273. The molecule has 0 saturated heterocycles. The van der Waals surface area contributed by atoms with Crippen LogP contribution in [-0.4, -0.2) is 4.40 Å². The van der Waals surface area contributed by atoms with Gasteiger partial charge in [0.25, 0.3) is 0 Å². The summed E-state index contributed by atoms with van der Waals surface area (Å²) >= 11 is 0. The first-order valence-corrected chi connectivity index (χ1v) is 4.55. The molecule has 2 heteroatoms. The molecule has 0 aliphatic rings. The monoisotopic (exact) mass is 174 g/mol. The number of anilines is 1. The Morgan fingerprint density at radius 2 is 2.08 bits per heavy atom. The molecular formula is C11H14N2. The van der Waals surface area contributed by atoms with Crippen LogP contribution < -0.4 is 5.73 Å². The molecule has 0 unspecified atom stereocenters. The Morgan fingerprint density at radius 1 is 1.31 bits per heavy atom. The molecular weight excluding hydrogens is 160 g/mol. The lowest BCUT2D eigenvalue weighted by atomic mass is 10.1. The highest BCUT2D eigenvalue weighted by Gasteiger charge is 2.09. The van der Waals surface area contributed by atoms with Crippen molar-refractivity contribution < 1.29 is 0 Å². The Bertz CT molecular complexity index is 427. The molecule has 13 heavy (non-hydrogen) atoms. The Labute approximate surface area is 78.0 Å². The van der Waals surface area contributed by atoms with Crippen molar-refractivity contribution in [1.29, 1.82) is 0 Å². The van der Waals surface area contributed by atoms with E-state index >= 15 is 0 Å². The summed E-state index contributed by atoms with van der Waals surface area (Å²) in [7, 11) is 0. The van der Waals surface area contributed by atoms with E-state index in [1.165, 1.54) is 5.56 Å². The number of hydrogen-bond donors (Lipinski definition) is 1. The third-order valence-corrected chi connectivity index (χ3v) is 2.38. The molecule has 0 amide bonds. The molecule has 2 aromatic heterocycles. The van der Waals surface area contributed by atoms with Gasteiger partial charge in [0.15, 0.2) is 0 Å². The van der Waals surface area contributed by atoms with E-state index in [0.717, 1.165) is 11.2 Å². The van der Waals surface area contributed by atoms with Gasteiger partial charge in [-0.05, 0) is 23.6 Å². The fourth-order valence-corrected chi connectivity index (χ4v) is 1.62. The quantitative estimate of drug-likeness (QED) is 0.707. The van der Waals surface area contributed by atoms with Crippen molar-refractivity contribution in [2.45, 2.75) is 19.8 Å². The molecule has 0 saturated carbocycles. The minimum atomic E-state index is 0.486. The normalized spacial score (nSPS) is 11.3. The number of fused-ring (bicyclic) bond motifs is 1. The summed E-state index contributed by atoms with van der Waals surface area (Å²) in [5, 5.41) is 0. The van der Waals surface area contributed by atoms with E-state index in [-0.39, 0.29) is 0 Å². The van der Waals surface area contributed by atoms with Gasteiger partial charge in [-0.1, -0.05) is 19.9 Å². The van der Waals surface area contributed by atoms with Crippen molar-refractivity contribution in [2.24, 2.45) is 0 Å². The van der Waals surface area contributed by atoms with Gasteiger partial charge < -0.3 is 10.1 Å². The van der Waals surface area contributed by atoms with Crippen LogP contribution in [0.5, 0.6) is 0 Å². The van der Waals surface area contributed by atoms with E-state index in [9.17, 15) is 0 Å². The highest BCUT2D eigenvalue weighted by Crippen LogP contribution is 2.27. The Hall–Kier alpha value is -1.44. The SMILES string of the molecule is CC(C)c1cn2ccccc2c1N. The molecule has 0 aromatic carbocycles. The van der Waals surface area contributed by atoms with Gasteiger partial charge in [0, 0.05) is 12.4 Å². The predicted octanol–water partition coefficient (Wildman–Crippen LogP) is 2.64. The molecule has 68 valence electrons. The molecule has 0 bridgehead atoms. The molecule has 0 radical (unpaired) electrons. The number of hydrogen-bond acceptors (Lipinski definition) is 1. The number of nitrogen functional groups attached to an aromatic ring is 1. The second-order valence-corrected chi connectivity index (χ2v) is 3.65. The van der Waals surface area contributed by atoms with E-state index in [2.05, 4.69) is 24.4 Å². The lowest BCUT2D eigenvalue weighted by Crippen LogP contribution is -1.91. The molecule has 0 aliphatic carbocycles. The lowest BCUT2D eigenvalue weighted by Gasteiger charge is -2.01. The number of aromatic nitrogens is 1. The van der Waals surface area contributed by atoms with Gasteiger partial charge in [-0.3, -0.25) is 0 Å². The molecule has 2 N–H and O–H groups in total. The summed E-state index contributed by atoms with van der Waals surface area (Å²) in [5.41, 5.74) is 9.26. The van der Waals surface area contributed by atoms with Crippen LogP contribution in [0.1, 0.15) is 25.3 Å². The van der Waals surface area contributed by atoms with Crippen molar-refractivity contribution in [2.75, 3.05) is 5.73 Å². The topological polar surface area (TPSA) is 30.4 Å². The molecule has 0 spiro atoms. The predicted molar refractivity (Wildman–Crippen MR) is 55.9 cm³/mol. The third kappa shape index (κ3) is 1.18. The average molecular weight is 174 g/mol. The number of nitrogens with two attached hydrogens (primary N) is 1. The summed E-state index contributed by atoms with van der Waals surface area (Å²) < 4.78 is 2.07. The van der Waals surface area contributed by atoms with Crippen LogP contribution in [0, 0.1) is 0 Å². The second-order valence-electron chi connectivity index (χ2n) is 3.65. The average Bonchev–Trinajstić information content (AvgIpc) is 2.45. The van der Waals surface area contributed by atoms with Gasteiger partial charge in [-0.2, -0.15) is 0 Å². The minimum absolute atomic E-state index is 0.486. The first kappa shape index (κ1) is 8.17. The molecule has 0 fully saturated rings. The smallest absolute Gasteiger partial charge is 0.0684 e. The first-order valence-electron chi connectivity index (χ1n) is 4.55. The van der Waals surface area contributed by atoms with Crippen molar-refractivity contribution in [3.63, 3.8) is 0 Å². The van der Waals surface area contributed by atoms with Crippen LogP contribution in [0.3, 0.4) is 0 Å². The lowest BCUT2D eigenvalue weighted by molar-refractivity contribution is 0.868. The summed E-state index contributed by atoms with van der Waals surface area (Å²) in [6.45, 7) is 4.32. The maximum absolute atomic E-state index is 6.02. The van der Waals surface area contributed by atoms with Gasteiger partial charge in [-0.15, -0.1) is 0 Å². The van der Waals surface area contributed by atoms with Crippen LogP contribution in [0.15, 0.2) is 30.6 Å². The van der Waals surface area contributed by atoms with E-state index < -0.39 is 0 Å². The first-order chi connectivity index (χ1) is 6.20. The van der Waals surface area contributed by atoms with Crippen LogP contribution in [-0.2, 0) is 0 Å². The van der Waals surface area contributed by atoms with Crippen molar-refractivity contribution >= 4 is 11.2 Å². The van der Waals surface area contributed by atoms with Crippen LogP contribution >= 0.6 is 0 Å². The van der Waals surface area contributed by atoms with Gasteiger partial charge in [0.2, 0.25) is 0 Å². The standard InChI is InChI=1S/C11H14N2/c1-8(2)9-7-13-6-4-3-5-10(13)11(9)12/h3-8H,12H2,1-2H3. The van der Waals surface area contributed by atoms with Gasteiger partial charge in [0.05, 0.1) is 11.2 Å². The molecule has 2 heterocycles. The van der Waals surface area contributed by atoms with Crippen molar-refractivity contribution in [3.8, 4) is 0 Å². The highest BCUT2D eigenvalue weighted by molar-refractivity contribution is 5.74. The van der Waals surface area contributed by atoms with Crippen molar-refractivity contribution in [3.05, 3.63) is 36.2 Å². The molecule has 2 aromatic rings. The molecule has 0 aliphatic heterocycles. The zero-order chi connectivity index (χ0) is 9.42. The second kappa shape index (κ2) is 2.80. The van der Waals surface area contributed by atoms with E-state index in [0.29, 0.717) is 5.92 Å². The zero-order valence-corrected chi connectivity index (χ0v) is 7.99. The minimum Gasteiger partial charge on any atom is -0.397 e. The summed E-state index contributed by atoms with van der Waals surface area (Å²) in [6, 6.07) is 6.06. The van der Waals surface area contributed by atoms with Crippen LogP contribution in [0.2, 0.25) is 0 Å². The Morgan fingerprint density at radius 3 is 2.69 bits per heavy atom. The Balaban J connectivity index is 2.74. The van der Waals surface area contributed by atoms with Gasteiger partial charge >= 0.3 is 0 Å². The largest absolute Gasteiger partial charge is 0.397 e. The highest BCUT2D eigenvalue weighted by atomic mass is 14.9. The number of pyridine rings is 1. The van der Waals surface area contributed by atoms with Crippen LogP contribution in [0.25, 0.3) is 5.52 Å². The molecule has 2 rings (SSSR count). The third-order valence-electron chi connectivity index (χ3n) is 2.38. The van der Waals surface area contributed by atoms with Gasteiger partial charge in [-0.25, -0.2) is 0 Å². The summed E-state index contributed by atoms with van der Waals surface area (Å²) in [6.07, 6.45) is 4.13. The number of rotatable bonds is 1. The van der Waals surface area contributed by atoms with E-state index in [1.807, 2.05) is 24.4 Å². The Kier molecular flexibility index (Phi) is 1.76. The van der Waals surface area contributed by atoms with Crippen LogP contribution in [0.4, 0.5) is 5.69 Å². The van der Waals surface area contributed by atoms with E-state index in [1.54, 1.807) is 0 Å². The van der Waals surface area contributed by atoms with E-state index in [4.69, 9.17) is 5.73 Å². The van der Waals surface area contributed by atoms with Gasteiger partial charge in [0.1, 0.15) is 0 Å².